The fourth-order valence-electron chi connectivity index (χ4n) is 2.89. The van der Waals surface area contributed by atoms with Crippen LogP contribution in [-0.4, -0.2) is 51.2 Å². The number of nitrogens with two attached hydrogens (primary N) is 1. The van der Waals surface area contributed by atoms with Crippen molar-refractivity contribution in [3.63, 3.8) is 0 Å². The highest BCUT2D eigenvalue weighted by molar-refractivity contribution is 5.67. The van der Waals surface area contributed by atoms with Crippen molar-refractivity contribution in [2.24, 2.45) is 5.73 Å². The van der Waals surface area contributed by atoms with Crippen LogP contribution in [0.25, 0.3) is 0 Å². The number of amides is 1. The summed E-state index contributed by atoms with van der Waals surface area (Å²) in [4.78, 5) is 11.2. The van der Waals surface area contributed by atoms with Gasteiger partial charge in [0.25, 0.3) is 0 Å². The van der Waals surface area contributed by atoms with Gasteiger partial charge >= 0.3 is 6.09 Å². The average Bonchev–Trinajstić information content (AvgIpc) is 3.46. The molecule has 0 aliphatic carbocycles. The number of carbonyl (C=O) groups is 1. The quantitative estimate of drug-likeness (QED) is 0.283. The van der Waals surface area contributed by atoms with Gasteiger partial charge in [-0.15, -0.1) is 6.42 Å². The summed E-state index contributed by atoms with van der Waals surface area (Å²) in [5.41, 5.74) is 4.78. The van der Waals surface area contributed by atoms with Crippen LogP contribution >= 0.6 is 0 Å². The molecule has 0 aromatic rings. The lowest BCUT2D eigenvalue weighted by Gasteiger charge is -2.19. The molecule has 6 nitrogen and oxygen atoms in total. The Hall–Kier alpha value is -14.9. The Morgan fingerprint density at radius 2 is 0.500 bits per heavy atom. The average molecular weight is 1030 g/mol. The molecule has 0 aliphatic rings. The van der Waals surface area contributed by atoms with E-state index in [4.69, 9.17) is 26.4 Å². The van der Waals surface area contributed by atoms with Gasteiger partial charge in [-0.25, -0.2) is 4.79 Å². The number of alkyl carbamates (subject to hydrolysis) is 1. The minimum Gasteiger partial charge on any atom is -0.444 e. The smallest absolute Gasteiger partial charge is 0.407 e. The van der Waals surface area contributed by atoms with E-state index in [1.165, 1.54) is 0 Å². The van der Waals surface area contributed by atoms with Gasteiger partial charge < -0.3 is 25.3 Å². The SMILES string of the molecule is C#CC#CC#CC#CC#CC#CC#CC#CC#CC#CC#CC#CC#CC#CC#CC#CC#CC#CC#CC#CC#CC#CC#CC#CC#CC#CC#CC#CC#CC#CC#CC#CC.CC(C)(C)OC(=O)NCCOCCOCCN. The van der Waals surface area contributed by atoms with E-state index >= 15 is 0 Å². The molecule has 0 saturated heterocycles. The van der Waals surface area contributed by atoms with Crippen molar-refractivity contribution in [3.8, 4) is 379 Å². The normalized spacial score (nSPS) is 5.46. The second-order valence-electron chi connectivity index (χ2n) is 12.5. The standard InChI is InChI=1S/C65H4.C11H24N2O4/c1-3-5-7-9-11-13-15-17-19-21-23-25-27-29-31-33-35-37-39-41-43-45-47-49-51-53-55-57-59-61-63-65-64-62-60-58-56-54-52-50-48-46-44-42-40-38-36-34-32-30-28-26-24-22-20-18-16-14-12-10-8-6-4-2;1-11(2,3)17-10(14)13-5-7-16-9-8-15-6-4-12/h1H,2H3;4-9,12H2,1-3H3,(H,13,14). The molecule has 0 unspecified atom stereocenters. The van der Waals surface area contributed by atoms with E-state index in [1.807, 2.05) is 20.8 Å². The molecule has 0 radical (unpaired) electrons. The summed E-state index contributed by atoms with van der Waals surface area (Å²) >= 11 is 0. The summed E-state index contributed by atoms with van der Waals surface area (Å²) in [6.45, 7) is 10.1. The first kappa shape index (κ1) is 69.1. The fourth-order valence-corrected chi connectivity index (χ4v) is 2.89. The number of hydrogen-bond acceptors (Lipinski definition) is 5. The maximum Gasteiger partial charge on any atom is 0.407 e. The van der Waals surface area contributed by atoms with Gasteiger partial charge in [-0.3, -0.25) is 0 Å². The van der Waals surface area contributed by atoms with Crippen LogP contribution in [0.1, 0.15) is 27.7 Å². The van der Waals surface area contributed by atoms with Crippen molar-refractivity contribution >= 4 is 6.09 Å². The zero-order chi connectivity index (χ0) is 59.7. The summed E-state index contributed by atoms with van der Waals surface area (Å²) in [5.74, 6) is 157. The van der Waals surface area contributed by atoms with Crippen molar-refractivity contribution in [2.75, 3.05) is 39.5 Å². The lowest BCUT2D eigenvalue weighted by Crippen LogP contribution is -2.34. The minimum absolute atomic E-state index is 0.422. The Bertz CT molecular complexity index is 4640. The van der Waals surface area contributed by atoms with Crippen LogP contribution in [-0.2, 0) is 14.2 Å². The maximum atomic E-state index is 11.2. The fraction of sp³-hybridized carbons (Fsp3) is 0.145. The molecule has 6 heteroatoms. The minimum atomic E-state index is -0.471. The van der Waals surface area contributed by atoms with Gasteiger partial charge in [0.2, 0.25) is 0 Å². The number of terminal acetylenes is 1. The van der Waals surface area contributed by atoms with Gasteiger partial charge in [-0.05, 0) is 122 Å². The lowest BCUT2D eigenvalue weighted by molar-refractivity contribution is 0.0411. The highest BCUT2D eigenvalue weighted by atomic mass is 16.6. The first-order valence-electron chi connectivity index (χ1n) is 22.1. The van der Waals surface area contributed by atoms with E-state index in [0.717, 1.165) is 0 Å². The summed E-state index contributed by atoms with van der Waals surface area (Å²) in [6.07, 6.45) is 4.51. The molecule has 0 atom stereocenters. The van der Waals surface area contributed by atoms with E-state index in [2.05, 4.69) is 378 Å². The molecule has 0 bridgehead atoms. The Morgan fingerprint density at radius 3 is 0.671 bits per heavy atom. The molecule has 0 heterocycles. The number of rotatable bonds is 8. The Balaban J connectivity index is 0. The predicted molar refractivity (Wildman–Crippen MR) is 320 cm³/mol. The largest absolute Gasteiger partial charge is 0.444 e. The maximum absolute atomic E-state index is 11.2. The van der Waals surface area contributed by atoms with E-state index < -0.39 is 11.7 Å². The van der Waals surface area contributed by atoms with E-state index in [1.54, 1.807) is 6.92 Å². The van der Waals surface area contributed by atoms with Crippen LogP contribution < -0.4 is 11.1 Å². The van der Waals surface area contributed by atoms with Crippen molar-refractivity contribution < 1.29 is 19.0 Å². The number of ether oxygens (including phenoxy) is 3. The van der Waals surface area contributed by atoms with Crippen molar-refractivity contribution in [3.05, 3.63) is 0 Å². The zero-order valence-electron chi connectivity index (χ0n) is 44.0. The predicted octanol–water partition coefficient (Wildman–Crippen LogP) is 1.25. The summed E-state index contributed by atoms with van der Waals surface area (Å²) in [5, 5.41) is 2.59. The van der Waals surface area contributed by atoms with Crippen LogP contribution in [0, 0.1) is 379 Å². The summed E-state index contributed by atoms with van der Waals surface area (Å²) < 4.78 is 15.4. The van der Waals surface area contributed by atoms with Gasteiger partial charge in [0.1, 0.15) is 5.60 Å². The highest BCUT2D eigenvalue weighted by Gasteiger charge is 2.15. The van der Waals surface area contributed by atoms with Crippen molar-refractivity contribution in [1.82, 2.24) is 5.32 Å². The molecular formula is C76H28N2O4. The Morgan fingerprint density at radius 1 is 0.317 bits per heavy atom. The molecule has 0 aromatic heterocycles. The molecule has 0 aliphatic heterocycles. The third-order valence-corrected chi connectivity index (χ3v) is 5.50. The topological polar surface area (TPSA) is 82.8 Å². The van der Waals surface area contributed by atoms with E-state index in [-0.39, 0.29) is 0 Å². The third-order valence-electron chi connectivity index (χ3n) is 5.50. The van der Waals surface area contributed by atoms with Crippen LogP contribution in [0.2, 0.25) is 0 Å². The monoisotopic (exact) mass is 1030 g/mol. The molecule has 82 heavy (non-hydrogen) atoms. The van der Waals surface area contributed by atoms with Gasteiger partial charge in [-0.1, -0.05) is 5.92 Å². The van der Waals surface area contributed by atoms with Gasteiger partial charge in [0, 0.05) is 285 Å². The molecule has 0 aromatic carbocycles. The second-order valence-corrected chi connectivity index (χ2v) is 12.5. The molecule has 3 N–H and O–H groups in total. The zero-order valence-corrected chi connectivity index (χ0v) is 44.0. The van der Waals surface area contributed by atoms with Gasteiger partial charge in [0.05, 0.1) is 26.4 Å². The molecule has 366 valence electrons. The molecule has 0 fully saturated rings. The molecule has 1 amide bonds. The number of carbonyl (C=O) groups excluding carboxylic acids is 1. The molecular weight excluding hydrogens is 1000 g/mol. The summed E-state index contributed by atoms with van der Waals surface area (Å²) in [7, 11) is 0. The van der Waals surface area contributed by atoms with Gasteiger partial charge in [0.15, 0.2) is 0 Å². The highest BCUT2D eigenvalue weighted by Crippen LogP contribution is 2.06. The first-order chi connectivity index (χ1) is 40.4. The third kappa shape index (κ3) is 69.3. The van der Waals surface area contributed by atoms with E-state index in [0.29, 0.717) is 39.5 Å². The Labute approximate surface area is 485 Å². The second kappa shape index (κ2) is 62.2. The van der Waals surface area contributed by atoms with Crippen LogP contribution in [0.15, 0.2) is 0 Å². The molecule has 0 rings (SSSR count). The first-order valence-corrected chi connectivity index (χ1v) is 22.1. The molecule has 0 saturated carbocycles. The van der Waals surface area contributed by atoms with Crippen molar-refractivity contribution in [2.45, 2.75) is 33.3 Å². The Kier molecular flexibility index (Phi) is 52.4. The van der Waals surface area contributed by atoms with E-state index in [9.17, 15) is 4.79 Å². The number of hydrogen-bond donors (Lipinski definition) is 2. The van der Waals surface area contributed by atoms with Crippen molar-refractivity contribution in [1.29, 1.82) is 0 Å². The van der Waals surface area contributed by atoms with Crippen LogP contribution in [0.4, 0.5) is 4.79 Å². The summed E-state index contributed by atoms with van der Waals surface area (Å²) in [6, 6.07) is 0. The van der Waals surface area contributed by atoms with Crippen LogP contribution in [0.3, 0.4) is 0 Å². The molecule has 0 spiro atoms. The van der Waals surface area contributed by atoms with Crippen LogP contribution in [0.5, 0.6) is 0 Å². The van der Waals surface area contributed by atoms with Gasteiger partial charge in [-0.2, -0.15) is 0 Å². The number of nitrogens with one attached hydrogen (secondary N) is 1. The lowest BCUT2D eigenvalue weighted by atomic mass is 10.2.